The highest BCUT2D eigenvalue weighted by Crippen LogP contribution is 2.56. The zero-order valence-electron chi connectivity index (χ0n) is 13.2. The molecular weight excluding hydrogens is 268 g/mol. The van der Waals surface area contributed by atoms with Crippen molar-refractivity contribution in [2.45, 2.75) is 31.8 Å². The fourth-order valence-corrected chi connectivity index (χ4v) is 4.02. The molecule has 0 fully saturated rings. The van der Waals surface area contributed by atoms with Gasteiger partial charge in [0.2, 0.25) is 0 Å². The Morgan fingerprint density at radius 1 is 0.773 bits per heavy atom. The van der Waals surface area contributed by atoms with Gasteiger partial charge in [0.1, 0.15) is 5.60 Å². The van der Waals surface area contributed by atoms with Gasteiger partial charge in [-0.15, -0.1) is 0 Å². The Morgan fingerprint density at radius 3 is 2.00 bits per heavy atom. The van der Waals surface area contributed by atoms with E-state index < -0.39 is 11.0 Å². The fraction of sp³-hybridized carbons (Fsp3) is 0.238. The third-order valence-corrected chi connectivity index (χ3v) is 5.57. The Bertz CT molecular complexity index is 869. The van der Waals surface area contributed by atoms with E-state index in [1.54, 1.807) is 0 Å². The molecule has 0 saturated carbocycles. The molecule has 0 bridgehead atoms. The molecule has 110 valence electrons. The molecule has 0 aliphatic heterocycles. The van der Waals surface area contributed by atoms with Crippen LogP contribution in [0.5, 0.6) is 0 Å². The zero-order chi connectivity index (χ0) is 15.5. The molecule has 0 saturated heterocycles. The molecule has 2 unspecified atom stereocenters. The number of hydrogen-bond acceptors (Lipinski definition) is 1. The van der Waals surface area contributed by atoms with Crippen molar-refractivity contribution in [2.75, 3.05) is 0 Å². The van der Waals surface area contributed by atoms with Crippen molar-refractivity contribution in [2.24, 2.45) is 0 Å². The summed E-state index contributed by atoms with van der Waals surface area (Å²) in [4.78, 5) is 0. The maximum Gasteiger partial charge on any atom is 0.101 e. The van der Waals surface area contributed by atoms with Gasteiger partial charge in [0.05, 0.1) is 5.41 Å². The van der Waals surface area contributed by atoms with Gasteiger partial charge in [-0.3, -0.25) is 0 Å². The summed E-state index contributed by atoms with van der Waals surface area (Å²) >= 11 is 0. The zero-order valence-corrected chi connectivity index (χ0v) is 13.2. The van der Waals surface area contributed by atoms with Gasteiger partial charge in [-0.1, -0.05) is 66.2 Å². The predicted octanol–water partition coefficient (Wildman–Crippen LogP) is 4.68. The van der Waals surface area contributed by atoms with Gasteiger partial charge >= 0.3 is 0 Å². The minimum Gasteiger partial charge on any atom is -0.384 e. The summed E-state index contributed by atoms with van der Waals surface area (Å²) < 4.78 is 0. The van der Waals surface area contributed by atoms with Crippen LogP contribution in [-0.4, -0.2) is 5.11 Å². The van der Waals surface area contributed by atoms with Crippen LogP contribution in [0, 0.1) is 6.92 Å². The van der Waals surface area contributed by atoms with Gasteiger partial charge in [0.25, 0.3) is 0 Å². The van der Waals surface area contributed by atoms with E-state index in [1.165, 1.54) is 21.9 Å². The highest BCUT2D eigenvalue weighted by atomic mass is 16.3. The summed E-state index contributed by atoms with van der Waals surface area (Å²) in [5.74, 6) is 0. The molecule has 0 heterocycles. The molecule has 1 heteroatoms. The van der Waals surface area contributed by atoms with Gasteiger partial charge < -0.3 is 5.11 Å². The second kappa shape index (κ2) is 4.21. The monoisotopic (exact) mass is 288 g/mol. The standard InChI is InChI=1S/C21H20O/c1-14-10-12-16(13-11-14)20(2)17-8-4-6-15-7-5-9-18(19(15)17)21(20,3)22/h4-13,22H,1-3H3. The Labute approximate surface area is 131 Å². The molecule has 1 N–H and O–H groups in total. The molecule has 1 aliphatic rings. The van der Waals surface area contributed by atoms with Crippen LogP contribution in [-0.2, 0) is 11.0 Å². The average Bonchev–Trinajstić information content (AvgIpc) is 2.70. The fourth-order valence-electron chi connectivity index (χ4n) is 4.02. The number of aliphatic hydroxyl groups is 1. The van der Waals surface area contributed by atoms with E-state index in [4.69, 9.17) is 0 Å². The van der Waals surface area contributed by atoms with Crippen molar-refractivity contribution >= 4 is 10.8 Å². The molecule has 0 aromatic heterocycles. The molecule has 0 amide bonds. The van der Waals surface area contributed by atoms with Crippen LogP contribution in [0.2, 0.25) is 0 Å². The maximum atomic E-state index is 11.5. The first-order valence-corrected chi connectivity index (χ1v) is 7.78. The summed E-state index contributed by atoms with van der Waals surface area (Å²) in [6.45, 7) is 6.20. The summed E-state index contributed by atoms with van der Waals surface area (Å²) in [7, 11) is 0. The Hall–Kier alpha value is -2.12. The van der Waals surface area contributed by atoms with E-state index in [9.17, 15) is 5.11 Å². The molecule has 0 spiro atoms. The van der Waals surface area contributed by atoms with E-state index in [0.29, 0.717) is 0 Å². The van der Waals surface area contributed by atoms with Gasteiger partial charge in [-0.25, -0.2) is 0 Å². The minimum atomic E-state index is -0.925. The minimum absolute atomic E-state index is 0.441. The van der Waals surface area contributed by atoms with Crippen molar-refractivity contribution in [1.29, 1.82) is 0 Å². The van der Waals surface area contributed by atoms with Crippen LogP contribution in [0.25, 0.3) is 10.8 Å². The molecule has 0 radical (unpaired) electrons. The lowest BCUT2D eigenvalue weighted by Crippen LogP contribution is -2.42. The topological polar surface area (TPSA) is 20.2 Å². The number of rotatable bonds is 1. The first-order chi connectivity index (χ1) is 10.5. The molecule has 1 nitrogen and oxygen atoms in total. The molecule has 3 aromatic rings. The highest BCUT2D eigenvalue weighted by molar-refractivity contribution is 5.94. The van der Waals surface area contributed by atoms with Crippen molar-refractivity contribution in [3.63, 3.8) is 0 Å². The van der Waals surface area contributed by atoms with Crippen molar-refractivity contribution in [3.8, 4) is 0 Å². The lowest BCUT2D eigenvalue weighted by molar-refractivity contribution is 0.00457. The van der Waals surface area contributed by atoms with Crippen molar-refractivity contribution in [1.82, 2.24) is 0 Å². The highest BCUT2D eigenvalue weighted by Gasteiger charge is 2.53. The summed E-state index contributed by atoms with van der Waals surface area (Å²) in [5, 5.41) is 13.9. The number of benzene rings is 3. The Balaban J connectivity index is 2.10. The smallest absolute Gasteiger partial charge is 0.101 e. The van der Waals surface area contributed by atoms with Crippen LogP contribution >= 0.6 is 0 Å². The molecule has 1 aliphatic carbocycles. The van der Waals surface area contributed by atoms with Gasteiger partial charge in [-0.2, -0.15) is 0 Å². The van der Waals surface area contributed by atoms with E-state index in [0.717, 1.165) is 11.1 Å². The van der Waals surface area contributed by atoms with Crippen LogP contribution in [0.15, 0.2) is 60.7 Å². The average molecular weight is 288 g/mol. The molecular formula is C21H20O. The third kappa shape index (κ3) is 1.47. The molecule has 22 heavy (non-hydrogen) atoms. The number of hydrogen-bond donors (Lipinski definition) is 1. The van der Waals surface area contributed by atoms with Crippen LogP contribution < -0.4 is 0 Å². The lowest BCUT2D eigenvalue weighted by Gasteiger charge is -2.39. The van der Waals surface area contributed by atoms with Gasteiger partial charge in [-0.05, 0) is 48.2 Å². The molecule has 4 rings (SSSR count). The second-order valence-electron chi connectivity index (χ2n) is 6.77. The molecule has 2 atom stereocenters. The lowest BCUT2D eigenvalue weighted by atomic mass is 9.67. The van der Waals surface area contributed by atoms with Gasteiger partial charge in [0, 0.05) is 0 Å². The van der Waals surface area contributed by atoms with E-state index in [-0.39, 0.29) is 0 Å². The Kier molecular flexibility index (Phi) is 2.59. The summed E-state index contributed by atoms with van der Waals surface area (Å²) in [6.07, 6.45) is 0. The predicted molar refractivity (Wildman–Crippen MR) is 91.2 cm³/mol. The molecule has 3 aromatic carbocycles. The first-order valence-electron chi connectivity index (χ1n) is 7.78. The quantitative estimate of drug-likeness (QED) is 0.689. The SMILES string of the molecule is Cc1ccc(C2(C)c3cccc4cccc(c34)C2(C)O)cc1. The summed E-state index contributed by atoms with van der Waals surface area (Å²) in [5.41, 5.74) is 3.28. The summed E-state index contributed by atoms with van der Waals surface area (Å²) in [6, 6.07) is 21.1. The largest absolute Gasteiger partial charge is 0.384 e. The van der Waals surface area contributed by atoms with Crippen molar-refractivity contribution in [3.05, 3.63) is 82.9 Å². The van der Waals surface area contributed by atoms with Gasteiger partial charge in [0.15, 0.2) is 0 Å². The van der Waals surface area contributed by atoms with Crippen LogP contribution in [0.4, 0.5) is 0 Å². The first kappa shape index (κ1) is 13.5. The van der Waals surface area contributed by atoms with E-state index >= 15 is 0 Å². The third-order valence-electron chi connectivity index (χ3n) is 5.57. The van der Waals surface area contributed by atoms with Crippen molar-refractivity contribution < 1.29 is 5.11 Å². The maximum absolute atomic E-state index is 11.5. The number of aryl methyl sites for hydroxylation is 1. The van der Waals surface area contributed by atoms with E-state index in [2.05, 4.69) is 68.4 Å². The van der Waals surface area contributed by atoms with Crippen LogP contribution in [0.3, 0.4) is 0 Å². The normalized spacial score (nSPS) is 26.5. The van der Waals surface area contributed by atoms with Crippen LogP contribution in [0.1, 0.15) is 36.1 Å². The van der Waals surface area contributed by atoms with E-state index in [1.807, 2.05) is 13.0 Å². The second-order valence-corrected chi connectivity index (χ2v) is 6.77. The Morgan fingerprint density at radius 2 is 1.36 bits per heavy atom.